The zero-order valence-electron chi connectivity index (χ0n) is 7.84. The summed E-state index contributed by atoms with van der Waals surface area (Å²) in [7, 11) is 0. The van der Waals surface area contributed by atoms with Crippen molar-refractivity contribution in [3.63, 3.8) is 0 Å². The van der Waals surface area contributed by atoms with Crippen molar-refractivity contribution in [1.82, 2.24) is 0 Å². The van der Waals surface area contributed by atoms with E-state index < -0.39 is 0 Å². The maximum absolute atomic E-state index is 5.74. The molecule has 1 aliphatic heterocycles. The summed E-state index contributed by atoms with van der Waals surface area (Å²) in [6.07, 6.45) is 1.41. The summed E-state index contributed by atoms with van der Waals surface area (Å²) in [5.41, 5.74) is 0. The van der Waals surface area contributed by atoms with Crippen molar-refractivity contribution in [3.8, 4) is 10.8 Å². The molecule has 1 saturated carbocycles. The molecular weight excluding hydrogens is 232 g/mol. The predicted molar refractivity (Wildman–Crippen MR) is 53.2 cm³/mol. The van der Waals surface area contributed by atoms with Crippen LogP contribution in [0.4, 0.5) is 0 Å². The molecule has 0 bridgehead atoms. The number of ether oxygens (including phenoxy) is 2. The zero-order valence-corrected chi connectivity index (χ0v) is 9.43. The van der Waals surface area contributed by atoms with Crippen LogP contribution in [0, 0.1) is 22.6 Å². The molecule has 2 fully saturated rings. The van der Waals surface area contributed by atoms with E-state index in [-0.39, 0.29) is 11.9 Å². The standard InChI is InChI=1S/C10H13BrO2/c1-10(2)12-6-9(13-10)8-5-7(8)3-4-11/h7-9H,5-6H2,1-2H3/t7-,8?,9?/m1/s1. The third-order valence-electron chi connectivity index (χ3n) is 2.59. The molecule has 13 heavy (non-hydrogen) atoms. The van der Waals surface area contributed by atoms with E-state index in [2.05, 4.69) is 26.7 Å². The van der Waals surface area contributed by atoms with Gasteiger partial charge in [-0.25, -0.2) is 0 Å². The minimum Gasteiger partial charge on any atom is -0.348 e. The van der Waals surface area contributed by atoms with Crippen LogP contribution >= 0.6 is 15.9 Å². The molecule has 72 valence electrons. The summed E-state index contributed by atoms with van der Waals surface area (Å²) in [5.74, 6) is 3.82. The van der Waals surface area contributed by atoms with E-state index in [1.807, 2.05) is 13.8 Å². The second-order valence-corrected chi connectivity index (χ2v) is 4.51. The first-order chi connectivity index (χ1) is 6.12. The Labute approximate surface area is 87.1 Å². The van der Waals surface area contributed by atoms with Gasteiger partial charge < -0.3 is 9.47 Å². The van der Waals surface area contributed by atoms with Gasteiger partial charge in [0.25, 0.3) is 0 Å². The van der Waals surface area contributed by atoms with Gasteiger partial charge in [-0.05, 0) is 25.1 Å². The van der Waals surface area contributed by atoms with Crippen LogP contribution in [0.2, 0.25) is 0 Å². The maximum Gasteiger partial charge on any atom is 0.163 e. The molecule has 2 nitrogen and oxygen atoms in total. The normalized spacial score (nSPS) is 41.0. The second kappa shape index (κ2) is 3.27. The lowest BCUT2D eigenvalue weighted by Crippen LogP contribution is -2.22. The summed E-state index contributed by atoms with van der Waals surface area (Å²) in [5, 5.41) is 0. The molecule has 2 aliphatic rings. The minimum atomic E-state index is -0.389. The Kier molecular flexibility index (Phi) is 2.39. The molecule has 3 atom stereocenters. The lowest BCUT2D eigenvalue weighted by molar-refractivity contribution is -0.140. The Bertz CT molecular complexity index is 264. The summed E-state index contributed by atoms with van der Waals surface area (Å²) < 4.78 is 11.2. The van der Waals surface area contributed by atoms with Gasteiger partial charge in [0.05, 0.1) is 12.7 Å². The average Bonchev–Trinajstić information content (AvgIpc) is 2.70. The van der Waals surface area contributed by atoms with E-state index in [1.54, 1.807) is 0 Å². The van der Waals surface area contributed by atoms with Crippen LogP contribution in [0.1, 0.15) is 20.3 Å². The van der Waals surface area contributed by atoms with Gasteiger partial charge in [-0.15, -0.1) is 0 Å². The van der Waals surface area contributed by atoms with Crippen LogP contribution in [0.3, 0.4) is 0 Å². The fourth-order valence-corrected chi connectivity index (χ4v) is 2.08. The number of hydrogen-bond acceptors (Lipinski definition) is 2. The molecule has 0 radical (unpaired) electrons. The van der Waals surface area contributed by atoms with Crippen molar-refractivity contribution in [1.29, 1.82) is 0 Å². The molecule has 0 spiro atoms. The maximum atomic E-state index is 5.74. The van der Waals surface area contributed by atoms with Gasteiger partial charge in [-0.3, -0.25) is 0 Å². The van der Waals surface area contributed by atoms with Crippen LogP contribution in [0.25, 0.3) is 0 Å². The fraction of sp³-hybridized carbons (Fsp3) is 0.800. The molecule has 2 unspecified atom stereocenters. The smallest absolute Gasteiger partial charge is 0.163 e. The van der Waals surface area contributed by atoms with Crippen molar-refractivity contribution in [3.05, 3.63) is 0 Å². The number of hydrogen-bond donors (Lipinski definition) is 0. The molecule has 1 heterocycles. The monoisotopic (exact) mass is 244 g/mol. The van der Waals surface area contributed by atoms with Crippen LogP contribution in [0.15, 0.2) is 0 Å². The molecule has 1 saturated heterocycles. The second-order valence-electron chi connectivity index (χ2n) is 4.11. The van der Waals surface area contributed by atoms with Crippen LogP contribution in [0.5, 0.6) is 0 Å². The third-order valence-corrected chi connectivity index (χ3v) is 2.82. The van der Waals surface area contributed by atoms with Crippen LogP contribution in [-0.4, -0.2) is 18.5 Å². The van der Waals surface area contributed by atoms with Crippen molar-refractivity contribution in [2.75, 3.05) is 6.61 Å². The Hall–Kier alpha value is -0.0400. The van der Waals surface area contributed by atoms with Gasteiger partial charge in [0, 0.05) is 27.8 Å². The summed E-state index contributed by atoms with van der Waals surface area (Å²) in [6, 6.07) is 0. The topological polar surface area (TPSA) is 18.5 Å². The van der Waals surface area contributed by atoms with E-state index in [0.717, 1.165) is 13.0 Å². The molecule has 0 amide bonds. The fourth-order valence-electron chi connectivity index (χ4n) is 1.79. The lowest BCUT2D eigenvalue weighted by Gasteiger charge is -2.16. The highest BCUT2D eigenvalue weighted by Gasteiger charge is 2.48. The van der Waals surface area contributed by atoms with Gasteiger partial charge >= 0.3 is 0 Å². The van der Waals surface area contributed by atoms with E-state index >= 15 is 0 Å². The Balaban J connectivity index is 1.88. The molecule has 2 rings (SSSR count). The quantitative estimate of drug-likeness (QED) is 0.659. The van der Waals surface area contributed by atoms with Gasteiger partial charge in [0.15, 0.2) is 5.79 Å². The summed E-state index contributed by atoms with van der Waals surface area (Å²) >= 11 is 3.12. The summed E-state index contributed by atoms with van der Waals surface area (Å²) in [4.78, 5) is 2.77. The van der Waals surface area contributed by atoms with Gasteiger partial charge in [0.1, 0.15) is 0 Å². The van der Waals surface area contributed by atoms with Crippen LogP contribution in [-0.2, 0) is 9.47 Å². The number of rotatable bonds is 1. The average molecular weight is 245 g/mol. The van der Waals surface area contributed by atoms with Crippen molar-refractivity contribution in [2.45, 2.75) is 32.2 Å². The number of halogens is 1. The van der Waals surface area contributed by atoms with Gasteiger partial charge in [-0.2, -0.15) is 0 Å². The van der Waals surface area contributed by atoms with Crippen LogP contribution < -0.4 is 0 Å². The van der Waals surface area contributed by atoms with E-state index in [9.17, 15) is 0 Å². The molecule has 0 aromatic carbocycles. The molecule has 3 heteroatoms. The van der Waals surface area contributed by atoms with Crippen molar-refractivity contribution < 1.29 is 9.47 Å². The largest absolute Gasteiger partial charge is 0.348 e. The Morgan fingerprint density at radius 2 is 2.23 bits per heavy atom. The predicted octanol–water partition coefficient (Wildman–Crippen LogP) is 2.13. The highest BCUT2D eigenvalue weighted by molar-refractivity contribution is 9.12. The van der Waals surface area contributed by atoms with Gasteiger partial charge in [-0.1, -0.05) is 5.92 Å². The molecule has 0 aromatic heterocycles. The molecular formula is C10H13BrO2. The highest BCUT2D eigenvalue weighted by Crippen LogP contribution is 2.45. The molecule has 0 aromatic rings. The SMILES string of the molecule is CC1(C)OCC(C2C[C@H]2C#CBr)O1. The highest BCUT2D eigenvalue weighted by atomic mass is 79.9. The molecule has 0 N–H and O–H groups in total. The minimum absolute atomic E-state index is 0.258. The first-order valence-electron chi connectivity index (χ1n) is 4.55. The van der Waals surface area contributed by atoms with E-state index in [0.29, 0.717) is 11.8 Å². The van der Waals surface area contributed by atoms with E-state index in [4.69, 9.17) is 9.47 Å². The molecule has 1 aliphatic carbocycles. The van der Waals surface area contributed by atoms with Gasteiger partial charge in [0.2, 0.25) is 0 Å². The first-order valence-corrected chi connectivity index (χ1v) is 5.34. The Morgan fingerprint density at radius 1 is 1.46 bits per heavy atom. The lowest BCUT2D eigenvalue weighted by atomic mass is 10.2. The van der Waals surface area contributed by atoms with E-state index in [1.165, 1.54) is 0 Å². The first kappa shape index (κ1) is 9.51. The zero-order chi connectivity index (χ0) is 9.47. The van der Waals surface area contributed by atoms with Crippen molar-refractivity contribution in [2.24, 2.45) is 11.8 Å². The third kappa shape index (κ3) is 2.07. The summed E-state index contributed by atoms with van der Waals surface area (Å²) in [6.45, 7) is 4.64. The Morgan fingerprint density at radius 3 is 2.77 bits per heavy atom. The van der Waals surface area contributed by atoms with Crippen molar-refractivity contribution >= 4 is 15.9 Å².